The first kappa shape index (κ1) is 13.3. The minimum Gasteiger partial charge on any atom is -0.342 e. The number of likely N-dealkylation sites (tertiary alicyclic amines) is 1. The molecule has 21 heavy (non-hydrogen) atoms. The van der Waals surface area contributed by atoms with Crippen molar-refractivity contribution in [3.63, 3.8) is 0 Å². The van der Waals surface area contributed by atoms with Crippen molar-refractivity contribution < 1.29 is 9.32 Å². The smallest absolute Gasteiger partial charge is 0.226 e. The van der Waals surface area contributed by atoms with Gasteiger partial charge >= 0.3 is 0 Å². The SMILES string of the molecule is O=C(CC1CC1)N1CCC[C@H](Cc2nc(C3CC3)no2)C1. The minimum absolute atomic E-state index is 0.353. The van der Waals surface area contributed by atoms with Gasteiger partial charge in [0.25, 0.3) is 0 Å². The second-order valence-corrected chi connectivity index (χ2v) is 7.02. The summed E-state index contributed by atoms with van der Waals surface area (Å²) in [6, 6.07) is 0. The molecule has 1 atom stereocenters. The zero-order valence-corrected chi connectivity index (χ0v) is 12.5. The van der Waals surface area contributed by atoms with E-state index in [1.807, 2.05) is 0 Å². The number of nitrogens with zero attached hydrogens (tertiary/aromatic N) is 3. The van der Waals surface area contributed by atoms with Crippen molar-refractivity contribution in [1.29, 1.82) is 0 Å². The first-order valence-corrected chi connectivity index (χ1v) is 8.38. The molecule has 1 amide bonds. The third kappa shape index (κ3) is 3.27. The highest BCUT2D eigenvalue weighted by Gasteiger charge is 2.31. The van der Waals surface area contributed by atoms with Crippen LogP contribution in [0.2, 0.25) is 0 Å². The molecular weight excluding hydrogens is 266 g/mol. The van der Waals surface area contributed by atoms with Gasteiger partial charge in [0.05, 0.1) is 0 Å². The number of amides is 1. The van der Waals surface area contributed by atoms with Crippen LogP contribution in [0.25, 0.3) is 0 Å². The highest BCUT2D eigenvalue weighted by atomic mass is 16.5. The number of carbonyl (C=O) groups excluding carboxylic acids is 1. The molecule has 0 aromatic carbocycles. The molecule has 5 nitrogen and oxygen atoms in total. The lowest BCUT2D eigenvalue weighted by Gasteiger charge is -2.32. The van der Waals surface area contributed by atoms with E-state index in [-0.39, 0.29) is 0 Å². The Bertz CT molecular complexity index is 519. The highest BCUT2D eigenvalue weighted by molar-refractivity contribution is 5.76. The summed E-state index contributed by atoms with van der Waals surface area (Å²) in [6.45, 7) is 1.80. The molecule has 3 fully saturated rings. The molecule has 4 rings (SSSR count). The van der Waals surface area contributed by atoms with Gasteiger partial charge in [-0.2, -0.15) is 4.98 Å². The molecule has 1 aromatic rings. The van der Waals surface area contributed by atoms with Crippen molar-refractivity contribution in [3.8, 4) is 0 Å². The van der Waals surface area contributed by atoms with E-state index in [1.54, 1.807) is 0 Å². The second-order valence-electron chi connectivity index (χ2n) is 7.02. The summed E-state index contributed by atoms with van der Waals surface area (Å²) in [6.07, 6.45) is 8.74. The highest BCUT2D eigenvalue weighted by Crippen LogP contribution is 2.38. The van der Waals surface area contributed by atoms with Crippen molar-refractivity contribution in [3.05, 3.63) is 11.7 Å². The topological polar surface area (TPSA) is 59.2 Å². The molecule has 1 aliphatic heterocycles. The van der Waals surface area contributed by atoms with Gasteiger partial charge in [-0.25, -0.2) is 0 Å². The number of hydrogen-bond acceptors (Lipinski definition) is 4. The molecule has 1 aromatic heterocycles. The minimum atomic E-state index is 0.353. The molecule has 1 saturated heterocycles. The third-order valence-electron chi connectivity index (χ3n) is 4.92. The van der Waals surface area contributed by atoms with Crippen LogP contribution < -0.4 is 0 Å². The summed E-state index contributed by atoms with van der Waals surface area (Å²) in [5, 5.41) is 4.08. The molecule has 3 aliphatic rings. The van der Waals surface area contributed by atoms with Gasteiger partial charge in [0.15, 0.2) is 5.82 Å². The maximum atomic E-state index is 12.2. The van der Waals surface area contributed by atoms with Crippen molar-refractivity contribution in [2.24, 2.45) is 11.8 Å². The monoisotopic (exact) mass is 289 g/mol. The van der Waals surface area contributed by atoms with E-state index in [2.05, 4.69) is 15.0 Å². The largest absolute Gasteiger partial charge is 0.342 e. The molecule has 0 radical (unpaired) electrons. The summed E-state index contributed by atoms with van der Waals surface area (Å²) in [5.41, 5.74) is 0. The third-order valence-corrected chi connectivity index (χ3v) is 4.92. The fourth-order valence-electron chi connectivity index (χ4n) is 3.26. The summed E-state index contributed by atoms with van der Waals surface area (Å²) in [4.78, 5) is 18.8. The van der Waals surface area contributed by atoms with E-state index in [0.29, 0.717) is 23.7 Å². The summed E-state index contributed by atoms with van der Waals surface area (Å²) in [5.74, 6) is 3.71. The molecule has 2 aliphatic carbocycles. The fraction of sp³-hybridized carbons (Fsp3) is 0.812. The van der Waals surface area contributed by atoms with E-state index in [0.717, 1.165) is 50.5 Å². The van der Waals surface area contributed by atoms with Crippen molar-refractivity contribution in [2.75, 3.05) is 13.1 Å². The van der Waals surface area contributed by atoms with Gasteiger partial charge in [0.2, 0.25) is 11.8 Å². The summed E-state index contributed by atoms with van der Waals surface area (Å²) < 4.78 is 5.37. The quantitative estimate of drug-likeness (QED) is 0.835. The Morgan fingerprint density at radius 1 is 1.19 bits per heavy atom. The van der Waals surface area contributed by atoms with E-state index in [9.17, 15) is 4.79 Å². The van der Waals surface area contributed by atoms with Gasteiger partial charge in [0.1, 0.15) is 0 Å². The van der Waals surface area contributed by atoms with Gasteiger partial charge in [-0.1, -0.05) is 5.16 Å². The van der Waals surface area contributed by atoms with Crippen LogP contribution in [-0.4, -0.2) is 34.0 Å². The number of hydrogen-bond donors (Lipinski definition) is 0. The zero-order valence-electron chi connectivity index (χ0n) is 12.5. The summed E-state index contributed by atoms with van der Waals surface area (Å²) >= 11 is 0. The van der Waals surface area contributed by atoms with Crippen LogP contribution in [0.4, 0.5) is 0 Å². The standard InChI is InChI=1S/C16H23N3O2/c20-15(9-11-3-4-11)19-7-1-2-12(10-19)8-14-17-16(18-21-14)13-5-6-13/h11-13H,1-10H2/t12-/m1/s1. The van der Waals surface area contributed by atoms with E-state index < -0.39 is 0 Å². The lowest BCUT2D eigenvalue weighted by molar-refractivity contribution is -0.133. The number of rotatable bonds is 5. The van der Waals surface area contributed by atoms with E-state index in [4.69, 9.17) is 4.52 Å². The van der Waals surface area contributed by atoms with E-state index in [1.165, 1.54) is 25.7 Å². The molecule has 0 bridgehead atoms. The normalized spacial score (nSPS) is 26.1. The van der Waals surface area contributed by atoms with Gasteiger partial charge in [-0.3, -0.25) is 4.79 Å². The van der Waals surface area contributed by atoms with Crippen molar-refractivity contribution >= 4 is 5.91 Å². The van der Waals surface area contributed by atoms with Crippen molar-refractivity contribution in [2.45, 2.75) is 57.3 Å². The Morgan fingerprint density at radius 2 is 2.05 bits per heavy atom. The van der Waals surface area contributed by atoms with Crippen LogP contribution in [0.1, 0.15) is 62.6 Å². The average Bonchev–Trinajstić information content (AvgIpc) is 3.41. The molecule has 5 heteroatoms. The van der Waals surface area contributed by atoms with Gasteiger partial charge < -0.3 is 9.42 Å². The predicted molar refractivity (Wildman–Crippen MR) is 76.6 cm³/mol. The van der Waals surface area contributed by atoms with Crippen LogP contribution in [0.15, 0.2) is 4.52 Å². The van der Waals surface area contributed by atoms with Crippen LogP contribution in [-0.2, 0) is 11.2 Å². The van der Waals surface area contributed by atoms with Crippen LogP contribution >= 0.6 is 0 Å². The Labute approximate surface area is 125 Å². The molecule has 114 valence electrons. The Kier molecular flexibility index (Phi) is 3.43. The molecule has 0 spiro atoms. The fourth-order valence-corrected chi connectivity index (χ4v) is 3.26. The lowest BCUT2D eigenvalue weighted by Crippen LogP contribution is -2.40. The molecule has 0 N–H and O–H groups in total. The van der Waals surface area contributed by atoms with Gasteiger partial charge in [-0.05, 0) is 50.4 Å². The Morgan fingerprint density at radius 3 is 2.81 bits per heavy atom. The Hall–Kier alpha value is -1.39. The maximum absolute atomic E-state index is 12.2. The second kappa shape index (κ2) is 5.43. The number of piperidine rings is 1. The van der Waals surface area contributed by atoms with Gasteiger partial charge in [0, 0.05) is 31.8 Å². The van der Waals surface area contributed by atoms with Gasteiger partial charge in [-0.15, -0.1) is 0 Å². The molecule has 2 heterocycles. The first-order chi connectivity index (χ1) is 10.3. The molecule has 0 unspecified atom stereocenters. The van der Waals surface area contributed by atoms with Crippen LogP contribution in [0, 0.1) is 11.8 Å². The number of carbonyl (C=O) groups is 1. The Balaban J connectivity index is 1.32. The number of aromatic nitrogens is 2. The van der Waals surface area contributed by atoms with Crippen molar-refractivity contribution in [1.82, 2.24) is 15.0 Å². The molecular formula is C16H23N3O2. The molecule has 2 saturated carbocycles. The van der Waals surface area contributed by atoms with Crippen LogP contribution in [0.5, 0.6) is 0 Å². The predicted octanol–water partition coefficient (Wildman–Crippen LogP) is 2.53. The first-order valence-electron chi connectivity index (χ1n) is 8.38. The zero-order chi connectivity index (χ0) is 14.2. The summed E-state index contributed by atoms with van der Waals surface area (Å²) in [7, 11) is 0. The average molecular weight is 289 g/mol. The van der Waals surface area contributed by atoms with E-state index >= 15 is 0 Å². The lowest BCUT2D eigenvalue weighted by atomic mass is 9.94. The van der Waals surface area contributed by atoms with Crippen LogP contribution in [0.3, 0.4) is 0 Å². The maximum Gasteiger partial charge on any atom is 0.226 e.